The Morgan fingerprint density at radius 1 is 0.909 bits per heavy atom. The topological polar surface area (TPSA) is 0 Å². The van der Waals surface area contributed by atoms with Crippen molar-refractivity contribution in [1.29, 1.82) is 0 Å². The molecule has 0 aliphatic heterocycles. The molecule has 22 heavy (non-hydrogen) atoms. The highest BCUT2D eigenvalue weighted by molar-refractivity contribution is 5.80. The third kappa shape index (κ3) is 2.97. The highest BCUT2D eigenvalue weighted by Gasteiger charge is 2.23. The standard InChI is InChI=1S/C22H28/c1-15-8-11-19(12-9-15)21-7-5-6-20-13-10-16(2)14-17(3)18(4)22(20)21/h5-7,10,13-15,19H,8-9,11-12H2,1-4H3/b13-10+,16-10?,16-14-,17-14?,18-17-,20-13?,22-18?. The highest BCUT2D eigenvalue weighted by atomic mass is 14.3. The van der Waals surface area contributed by atoms with Crippen LogP contribution >= 0.6 is 0 Å². The molecule has 1 aromatic carbocycles. The summed E-state index contributed by atoms with van der Waals surface area (Å²) in [5, 5.41) is 0. The second-order valence-corrected chi connectivity index (χ2v) is 7.30. The van der Waals surface area contributed by atoms with Crippen LogP contribution in [-0.2, 0) is 0 Å². The molecule has 3 rings (SSSR count). The van der Waals surface area contributed by atoms with E-state index in [1.54, 1.807) is 5.56 Å². The van der Waals surface area contributed by atoms with Crippen molar-refractivity contribution in [2.75, 3.05) is 0 Å². The molecule has 0 heterocycles. The SMILES string of the molecule is CC1=C/C(C)=C(/C)c2c(cccc2C2CCC(C)CC2)\C=C\1. The average Bonchev–Trinajstić information content (AvgIpc) is 2.51. The first-order chi connectivity index (χ1) is 10.6. The van der Waals surface area contributed by atoms with E-state index < -0.39 is 0 Å². The van der Waals surface area contributed by atoms with Crippen LogP contribution in [-0.4, -0.2) is 0 Å². The third-order valence-electron chi connectivity index (χ3n) is 5.52. The summed E-state index contributed by atoms with van der Waals surface area (Å²) in [4.78, 5) is 0. The fraction of sp³-hybridized carbons (Fsp3) is 0.455. The maximum absolute atomic E-state index is 2.40. The Balaban J connectivity index is 2.09. The molecule has 0 radical (unpaired) electrons. The van der Waals surface area contributed by atoms with Gasteiger partial charge in [-0.3, -0.25) is 0 Å². The summed E-state index contributed by atoms with van der Waals surface area (Å²) < 4.78 is 0. The molecule has 0 bridgehead atoms. The molecule has 116 valence electrons. The van der Waals surface area contributed by atoms with E-state index in [0.29, 0.717) is 0 Å². The van der Waals surface area contributed by atoms with E-state index in [9.17, 15) is 0 Å². The van der Waals surface area contributed by atoms with Crippen LogP contribution in [0.4, 0.5) is 0 Å². The number of rotatable bonds is 1. The number of benzene rings is 1. The predicted molar refractivity (Wildman–Crippen MR) is 97.9 cm³/mol. The van der Waals surface area contributed by atoms with Crippen LogP contribution in [0, 0.1) is 5.92 Å². The molecule has 0 unspecified atom stereocenters. The van der Waals surface area contributed by atoms with Gasteiger partial charge in [0.25, 0.3) is 0 Å². The molecule has 2 aliphatic rings. The minimum absolute atomic E-state index is 0.742. The fourth-order valence-corrected chi connectivity index (χ4v) is 3.99. The van der Waals surface area contributed by atoms with E-state index in [4.69, 9.17) is 0 Å². The summed E-state index contributed by atoms with van der Waals surface area (Å²) in [7, 11) is 0. The van der Waals surface area contributed by atoms with E-state index in [1.807, 2.05) is 0 Å². The Bertz CT molecular complexity index is 647. The van der Waals surface area contributed by atoms with Crippen LogP contribution in [0.2, 0.25) is 0 Å². The summed E-state index contributed by atoms with van der Waals surface area (Å²) in [6.07, 6.45) is 12.3. The molecule has 0 heteroatoms. The van der Waals surface area contributed by atoms with Gasteiger partial charge in [-0.2, -0.15) is 0 Å². The quantitative estimate of drug-likeness (QED) is 0.537. The lowest BCUT2D eigenvalue weighted by atomic mass is 9.76. The summed E-state index contributed by atoms with van der Waals surface area (Å²) in [5.74, 6) is 1.65. The lowest BCUT2D eigenvalue weighted by Crippen LogP contribution is -2.13. The van der Waals surface area contributed by atoms with Gasteiger partial charge >= 0.3 is 0 Å². The molecule has 0 N–H and O–H groups in total. The molecule has 2 aliphatic carbocycles. The van der Waals surface area contributed by atoms with Crippen LogP contribution in [0.15, 0.2) is 41.5 Å². The van der Waals surface area contributed by atoms with E-state index in [-0.39, 0.29) is 0 Å². The smallest absolute Gasteiger partial charge is 0.0117 e. The average molecular weight is 292 g/mol. The van der Waals surface area contributed by atoms with Crippen LogP contribution in [0.5, 0.6) is 0 Å². The predicted octanol–water partition coefficient (Wildman–Crippen LogP) is 6.75. The van der Waals surface area contributed by atoms with Gasteiger partial charge < -0.3 is 0 Å². The fourth-order valence-electron chi connectivity index (χ4n) is 3.99. The zero-order valence-corrected chi connectivity index (χ0v) is 14.4. The van der Waals surface area contributed by atoms with Crippen molar-refractivity contribution in [2.45, 2.75) is 59.3 Å². The molecular weight excluding hydrogens is 264 g/mol. The second-order valence-electron chi connectivity index (χ2n) is 7.30. The van der Waals surface area contributed by atoms with E-state index in [2.05, 4.69) is 64.1 Å². The van der Waals surface area contributed by atoms with Crippen molar-refractivity contribution in [3.63, 3.8) is 0 Å². The summed E-state index contributed by atoms with van der Waals surface area (Å²) >= 11 is 0. The molecule has 0 spiro atoms. The van der Waals surface area contributed by atoms with Gasteiger partial charge in [0, 0.05) is 0 Å². The normalized spacial score (nSPS) is 32.5. The van der Waals surface area contributed by atoms with Gasteiger partial charge in [0.15, 0.2) is 0 Å². The van der Waals surface area contributed by atoms with Crippen LogP contribution < -0.4 is 0 Å². The molecule has 0 nitrogen and oxygen atoms in total. The molecule has 1 saturated carbocycles. The minimum atomic E-state index is 0.742. The van der Waals surface area contributed by atoms with Gasteiger partial charge in [0.2, 0.25) is 0 Å². The van der Waals surface area contributed by atoms with E-state index in [1.165, 1.54) is 53.5 Å². The summed E-state index contributed by atoms with van der Waals surface area (Å²) in [6.45, 7) is 9.13. The van der Waals surface area contributed by atoms with Crippen molar-refractivity contribution >= 4 is 11.6 Å². The lowest BCUT2D eigenvalue weighted by molar-refractivity contribution is 0.347. The minimum Gasteiger partial charge on any atom is -0.0625 e. The van der Waals surface area contributed by atoms with Crippen molar-refractivity contribution < 1.29 is 0 Å². The molecule has 1 aromatic rings. The molecular formula is C22H28. The molecule has 0 saturated heterocycles. The Hall–Kier alpha value is -1.56. The number of hydrogen-bond acceptors (Lipinski definition) is 0. The monoisotopic (exact) mass is 292 g/mol. The van der Waals surface area contributed by atoms with Crippen molar-refractivity contribution in [3.05, 3.63) is 58.2 Å². The first-order valence-electron chi connectivity index (χ1n) is 8.73. The van der Waals surface area contributed by atoms with E-state index >= 15 is 0 Å². The molecule has 0 aromatic heterocycles. The highest BCUT2D eigenvalue weighted by Crippen LogP contribution is 2.41. The molecule has 0 atom stereocenters. The third-order valence-corrected chi connectivity index (χ3v) is 5.52. The zero-order chi connectivity index (χ0) is 15.7. The van der Waals surface area contributed by atoms with Crippen molar-refractivity contribution in [2.24, 2.45) is 5.92 Å². The number of fused-ring (bicyclic) bond motifs is 1. The van der Waals surface area contributed by atoms with Crippen molar-refractivity contribution in [1.82, 2.24) is 0 Å². The maximum Gasteiger partial charge on any atom is -0.0117 e. The molecule has 0 amide bonds. The van der Waals surface area contributed by atoms with Gasteiger partial charge in [-0.15, -0.1) is 0 Å². The van der Waals surface area contributed by atoms with Gasteiger partial charge in [0.1, 0.15) is 0 Å². The Labute approximate surface area is 135 Å². The van der Waals surface area contributed by atoms with Crippen LogP contribution in [0.3, 0.4) is 0 Å². The largest absolute Gasteiger partial charge is 0.0625 e. The maximum atomic E-state index is 2.40. The van der Waals surface area contributed by atoms with Gasteiger partial charge in [0.05, 0.1) is 0 Å². The Kier molecular flexibility index (Phi) is 4.38. The van der Waals surface area contributed by atoms with E-state index in [0.717, 1.165) is 11.8 Å². The Morgan fingerprint density at radius 2 is 1.64 bits per heavy atom. The van der Waals surface area contributed by atoms with Crippen LogP contribution in [0.25, 0.3) is 11.6 Å². The number of allylic oxidation sites excluding steroid dienone is 5. The van der Waals surface area contributed by atoms with Gasteiger partial charge in [-0.1, -0.05) is 61.8 Å². The second kappa shape index (κ2) is 6.28. The van der Waals surface area contributed by atoms with Crippen LogP contribution in [0.1, 0.15) is 76.0 Å². The number of hydrogen-bond donors (Lipinski definition) is 0. The first-order valence-corrected chi connectivity index (χ1v) is 8.73. The summed E-state index contributed by atoms with van der Waals surface area (Å²) in [5.41, 5.74) is 8.66. The van der Waals surface area contributed by atoms with Crippen molar-refractivity contribution in [3.8, 4) is 0 Å². The zero-order valence-electron chi connectivity index (χ0n) is 14.4. The molecule has 1 fully saturated rings. The van der Waals surface area contributed by atoms with Gasteiger partial charge in [-0.05, 0) is 73.3 Å². The first kappa shape index (κ1) is 15.3. The Morgan fingerprint density at radius 3 is 2.36 bits per heavy atom. The summed E-state index contributed by atoms with van der Waals surface area (Å²) in [6, 6.07) is 6.90. The van der Waals surface area contributed by atoms with Gasteiger partial charge in [-0.25, -0.2) is 0 Å². The lowest BCUT2D eigenvalue weighted by Gasteiger charge is -2.29.